The molecule has 1 heterocycles. The number of nitrogens with one attached hydrogen (secondary N) is 1. The largest absolute Gasteiger partial charge is 0.341 e. The molecule has 1 saturated carbocycles. The van der Waals surface area contributed by atoms with Gasteiger partial charge in [-0.1, -0.05) is 6.92 Å². The lowest BCUT2D eigenvalue weighted by atomic mass is 10.2. The molecule has 0 aliphatic heterocycles. The average molecular weight is 234 g/mol. The fraction of sp³-hybridized carbons (Fsp3) is 0.692. The number of nitrogens with zero attached hydrogens (tertiary/aromatic N) is 3. The zero-order valence-electron chi connectivity index (χ0n) is 11.0. The Labute approximate surface area is 103 Å². The van der Waals surface area contributed by atoms with Crippen molar-refractivity contribution in [1.82, 2.24) is 15.3 Å². The maximum absolute atomic E-state index is 4.59. The molecule has 1 N–H and O–H groups in total. The summed E-state index contributed by atoms with van der Waals surface area (Å²) in [6.45, 7) is 6.15. The molecule has 0 amide bonds. The van der Waals surface area contributed by atoms with Crippen molar-refractivity contribution in [2.75, 3.05) is 18.5 Å². The van der Waals surface area contributed by atoms with Crippen LogP contribution in [0.2, 0.25) is 0 Å². The smallest absolute Gasteiger partial charge is 0.225 e. The SMILES string of the molecule is CCCNCc1cnc(N(C)C2CC2)nc1C. The molecule has 0 spiro atoms. The molecular weight excluding hydrogens is 212 g/mol. The van der Waals surface area contributed by atoms with Gasteiger partial charge >= 0.3 is 0 Å². The summed E-state index contributed by atoms with van der Waals surface area (Å²) in [5.74, 6) is 0.865. The van der Waals surface area contributed by atoms with E-state index in [4.69, 9.17) is 0 Å². The van der Waals surface area contributed by atoms with Crippen molar-refractivity contribution in [1.29, 1.82) is 0 Å². The number of hydrogen-bond donors (Lipinski definition) is 1. The van der Waals surface area contributed by atoms with Crippen LogP contribution < -0.4 is 10.2 Å². The van der Waals surface area contributed by atoms with E-state index in [0.717, 1.165) is 31.2 Å². The molecule has 17 heavy (non-hydrogen) atoms. The number of aryl methyl sites for hydroxylation is 1. The van der Waals surface area contributed by atoms with Crippen LogP contribution in [0.25, 0.3) is 0 Å². The summed E-state index contributed by atoms with van der Waals surface area (Å²) in [6, 6.07) is 0.665. The van der Waals surface area contributed by atoms with Crippen molar-refractivity contribution in [3.05, 3.63) is 17.5 Å². The summed E-state index contributed by atoms with van der Waals surface area (Å²) in [7, 11) is 2.08. The average Bonchev–Trinajstić information content (AvgIpc) is 3.14. The Morgan fingerprint density at radius 3 is 2.82 bits per heavy atom. The molecule has 0 saturated heterocycles. The van der Waals surface area contributed by atoms with Gasteiger partial charge < -0.3 is 10.2 Å². The fourth-order valence-corrected chi connectivity index (χ4v) is 1.85. The third kappa shape index (κ3) is 3.16. The van der Waals surface area contributed by atoms with E-state index in [0.29, 0.717) is 6.04 Å². The monoisotopic (exact) mass is 234 g/mol. The molecule has 1 fully saturated rings. The van der Waals surface area contributed by atoms with Crippen molar-refractivity contribution in [3.63, 3.8) is 0 Å². The van der Waals surface area contributed by atoms with Crippen LogP contribution in [0.3, 0.4) is 0 Å². The van der Waals surface area contributed by atoms with Crippen LogP contribution in [0, 0.1) is 6.92 Å². The minimum Gasteiger partial charge on any atom is -0.341 e. The fourth-order valence-electron chi connectivity index (χ4n) is 1.85. The Hall–Kier alpha value is -1.16. The molecule has 0 atom stereocenters. The van der Waals surface area contributed by atoms with Gasteiger partial charge in [-0.15, -0.1) is 0 Å². The van der Waals surface area contributed by atoms with Gasteiger partial charge in [0.15, 0.2) is 0 Å². The molecule has 0 unspecified atom stereocenters. The maximum Gasteiger partial charge on any atom is 0.225 e. The predicted molar refractivity (Wildman–Crippen MR) is 70.2 cm³/mol. The first-order chi connectivity index (χ1) is 8.22. The highest BCUT2D eigenvalue weighted by atomic mass is 15.3. The van der Waals surface area contributed by atoms with E-state index in [1.165, 1.54) is 18.4 Å². The second-order valence-corrected chi connectivity index (χ2v) is 4.80. The third-order valence-corrected chi connectivity index (χ3v) is 3.22. The standard InChI is InChI=1S/C13H22N4/c1-4-7-14-8-11-9-15-13(16-10(11)2)17(3)12-5-6-12/h9,12,14H,4-8H2,1-3H3. The topological polar surface area (TPSA) is 41.1 Å². The van der Waals surface area contributed by atoms with Gasteiger partial charge in [0.2, 0.25) is 5.95 Å². The Bertz CT molecular complexity index is 374. The van der Waals surface area contributed by atoms with Crippen LogP contribution in [0.1, 0.15) is 37.4 Å². The zero-order chi connectivity index (χ0) is 12.3. The number of rotatable bonds is 6. The van der Waals surface area contributed by atoms with Gasteiger partial charge in [0.05, 0.1) is 0 Å². The molecule has 4 heteroatoms. The van der Waals surface area contributed by atoms with Crippen LogP contribution in [0.15, 0.2) is 6.20 Å². The molecule has 1 aliphatic carbocycles. The van der Waals surface area contributed by atoms with E-state index in [1.54, 1.807) is 0 Å². The summed E-state index contributed by atoms with van der Waals surface area (Å²) >= 11 is 0. The van der Waals surface area contributed by atoms with Crippen molar-refractivity contribution in [2.24, 2.45) is 0 Å². The minimum absolute atomic E-state index is 0.665. The van der Waals surface area contributed by atoms with Gasteiger partial charge in [-0.2, -0.15) is 0 Å². The molecular formula is C13H22N4. The predicted octanol–water partition coefficient (Wildman–Crippen LogP) is 1.88. The number of aromatic nitrogens is 2. The Morgan fingerprint density at radius 2 is 2.24 bits per heavy atom. The van der Waals surface area contributed by atoms with Gasteiger partial charge in [-0.05, 0) is 32.7 Å². The maximum atomic E-state index is 4.59. The Kier molecular flexibility index (Phi) is 3.94. The summed E-state index contributed by atoms with van der Waals surface area (Å²) in [5, 5.41) is 3.38. The summed E-state index contributed by atoms with van der Waals surface area (Å²) < 4.78 is 0. The van der Waals surface area contributed by atoms with Gasteiger partial charge in [0.25, 0.3) is 0 Å². The van der Waals surface area contributed by atoms with Crippen LogP contribution in [0.5, 0.6) is 0 Å². The molecule has 2 rings (SSSR count). The molecule has 1 aromatic rings. The summed E-state index contributed by atoms with van der Waals surface area (Å²) in [6.07, 6.45) is 5.67. The molecule has 4 nitrogen and oxygen atoms in total. The second-order valence-electron chi connectivity index (χ2n) is 4.80. The number of hydrogen-bond acceptors (Lipinski definition) is 4. The van der Waals surface area contributed by atoms with Crippen LogP contribution in [0.4, 0.5) is 5.95 Å². The van der Waals surface area contributed by atoms with Crippen LogP contribution in [-0.2, 0) is 6.54 Å². The quantitative estimate of drug-likeness (QED) is 0.763. The molecule has 94 valence electrons. The lowest BCUT2D eigenvalue weighted by Gasteiger charge is -2.17. The van der Waals surface area contributed by atoms with Gasteiger partial charge in [-0.25, -0.2) is 9.97 Å². The van der Waals surface area contributed by atoms with Gasteiger partial charge in [-0.3, -0.25) is 0 Å². The minimum atomic E-state index is 0.665. The lowest BCUT2D eigenvalue weighted by molar-refractivity contribution is 0.667. The zero-order valence-corrected chi connectivity index (χ0v) is 11.0. The first kappa shape index (κ1) is 12.3. The van der Waals surface area contributed by atoms with Crippen molar-refractivity contribution >= 4 is 5.95 Å². The lowest BCUT2D eigenvalue weighted by Crippen LogP contribution is -2.23. The van der Waals surface area contributed by atoms with E-state index in [2.05, 4.69) is 41.1 Å². The highest BCUT2D eigenvalue weighted by Gasteiger charge is 2.27. The first-order valence-corrected chi connectivity index (χ1v) is 6.48. The molecule has 1 aromatic heterocycles. The third-order valence-electron chi connectivity index (χ3n) is 3.22. The van der Waals surface area contributed by atoms with E-state index in [1.807, 2.05) is 6.20 Å². The van der Waals surface area contributed by atoms with Crippen LogP contribution >= 0.6 is 0 Å². The van der Waals surface area contributed by atoms with Gasteiger partial charge in [0.1, 0.15) is 0 Å². The molecule has 0 bridgehead atoms. The van der Waals surface area contributed by atoms with Crippen molar-refractivity contribution in [3.8, 4) is 0 Å². The molecule has 0 radical (unpaired) electrons. The normalized spacial score (nSPS) is 15.0. The second kappa shape index (κ2) is 5.45. The molecule has 1 aliphatic rings. The highest BCUT2D eigenvalue weighted by Crippen LogP contribution is 2.28. The van der Waals surface area contributed by atoms with Crippen molar-refractivity contribution < 1.29 is 0 Å². The van der Waals surface area contributed by atoms with E-state index in [9.17, 15) is 0 Å². The summed E-state index contributed by atoms with van der Waals surface area (Å²) in [4.78, 5) is 11.2. The Balaban J connectivity index is 2.00. The molecule has 0 aromatic carbocycles. The highest BCUT2D eigenvalue weighted by molar-refractivity contribution is 5.34. The Morgan fingerprint density at radius 1 is 1.47 bits per heavy atom. The van der Waals surface area contributed by atoms with E-state index < -0.39 is 0 Å². The van der Waals surface area contributed by atoms with E-state index >= 15 is 0 Å². The van der Waals surface area contributed by atoms with Crippen molar-refractivity contribution in [2.45, 2.75) is 45.7 Å². The van der Waals surface area contributed by atoms with Crippen LogP contribution in [-0.4, -0.2) is 29.6 Å². The number of anilines is 1. The van der Waals surface area contributed by atoms with Gasteiger partial charge in [0, 0.05) is 37.1 Å². The van der Waals surface area contributed by atoms with E-state index in [-0.39, 0.29) is 0 Å². The summed E-state index contributed by atoms with van der Waals surface area (Å²) in [5.41, 5.74) is 2.29. The first-order valence-electron chi connectivity index (χ1n) is 6.48.